The fourth-order valence-electron chi connectivity index (χ4n) is 2.44. The minimum atomic E-state index is -0.0810. The number of nitrogens with zero attached hydrogens (tertiary/aromatic N) is 1. The van der Waals surface area contributed by atoms with Gasteiger partial charge in [0.15, 0.2) is 0 Å². The van der Waals surface area contributed by atoms with Crippen molar-refractivity contribution in [3.63, 3.8) is 0 Å². The van der Waals surface area contributed by atoms with Gasteiger partial charge in [0.2, 0.25) is 0 Å². The maximum absolute atomic E-state index is 12.2. The molecule has 0 unspecified atom stereocenters. The fourth-order valence-corrected chi connectivity index (χ4v) is 3.59. The molecule has 0 spiro atoms. The molecule has 19 heavy (non-hydrogen) atoms. The molecule has 1 aliphatic carbocycles. The van der Waals surface area contributed by atoms with E-state index >= 15 is 0 Å². The first-order valence-electron chi connectivity index (χ1n) is 6.34. The molecular formula is C14H15N3OS. The van der Waals surface area contributed by atoms with Gasteiger partial charge >= 0.3 is 0 Å². The first-order chi connectivity index (χ1) is 9.25. The number of hydrogen-bond acceptors (Lipinski definition) is 4. The number of aryl methyl sites for hydroxylation is 1. The highest BCUT2D eigenvalue weighted by molar-refractivity contribution is 7.16. The van der Waals surface area contributed by atoms with Crippen molar-refractivity contribution in [1.82, 2.24) is 10.3 Å². The zero-order valence-corrected chi connectivity index (χ0v) is 11.3. The molecule has 3 N–H and O–H groups in total. The SMILES string of the molecule is Nc1sc2c(c1C(=O)NCc1ccccn1)CCC2. The van der Waals surface area contributed by atoms with Gasteiger partial charge in [-0.1, -0.05) is 6.07 Å². The molecule has 0 fully saturated rings. The number of anilines is 1. The van der Waals surface area contributed by atoms with Crippen LogP contribution in [-0.4, -0.2) is 10.9 Å². The number of nitrogen functional groups attached to an aromatic ring is 1. The fraction of sp³-hybridized carbons (Fsp3) is 0.286. The van der Waals surface area contributed by atoms with Gasteiger partial charge in [-0.3, -0.25) is 9.78 Å². The average molecular weight is 273 g/mol. The molecular weight excluding hydrogens is 258 g/mol. The third kappa shape index (κ3) is 2.33. The van der Waals surface area contributed by atoms with Crippen molar-refractivity contribution in [1.29, 1.82) is 0 Å². The monoisotopic (exact) mass is 273 g/mol. The van der Waals surface area contributed by atoms with E-state index in [2.05, 4.69) is 10.3 Å². The minimum Gasteiger partial charge on any atom is -0.390 e. The molecule has 0 aliphatic heterocycles. The van der Waals surface area contributed by atoms with Crippen LogP contribution in [0.25, 0.3) is 0 Å². The lowest BCUT2D eigenvalue weighted by molar-refractivity contribution is 0.0951. The Balaban J connectivity index is 1.74. The van der Waals surface area contributed by atoms with Gasteiger partial charge in [0.05, 0.1) is 22.8 Å². The number of nitrogens with two attached hydrogens (primary N) is 1. The number of aromatic nitrogens is 1. The van der Waals surface area contributed by atoms with E-state index in [-0.39, 0.29) is 5.91 Å². The summed E-state index contributed by atoms with van der Waals surface area (Å²) in [6.07, 6.45) is 4.87. The number of thiophene rings is 1. The number of pyridine rings is 1. The molecule has 0 atom stereocenters. The Morgan fingerprint density at radius 2 is 2.32 bits per heavy atom. The van der Waals surface area contributed by atoms with Gasteiger partial charge in [0, 0.05) is 11.1 Å². The van der Waals surface area contributed by atoms with Crippen LogP contribution in [0.4, 0.5) is 5.00 Å². The lowest BCUT2D eigenvalue weighted by Crippen LogP contribution is -2.24. The lowest BCUT2D eigenvalue weighted by atomic mass is 10.1. The largest absolute Gasteiger partial charge is 0.390 e. The van der Waals surface area contributed by atoms with Crippen LogP contribution >= 0.6 is 11.3 Å². The molecule has 0 radical (unpaired) electrons. The van der Waals surface area contributed by atoms with Gasteiger partial charge in [-0.05, 0) is 37.0 Å². The van der Waals surface area contributed by atoms with E-state index < -0.39 is 0 Å². The Morgan fingerprint density at radius 1 is 1.42 bits per heavy atom. The minimum absolute atomic E-state index is 0.0810. The second-order valence-corrected chi connectivity index (χ2v) is 5.74. The summed E-state index contributed by atoms with van der Waals surface area (Å²) in [5.41, 5.74) is 8.65. The predicted molar refractivity (Wildman–Crippen MR) is 76.2 cm³/mol. The van der Waals surface area contributed by atoms with Gasteiger partial charge in [-0.25, -0.2) is 0 Å². The molecule has 0 bridgehead atoms. The van der Waals surface area contributed by atoms with E-state index in [1.165, 1.54) is 4.88 Å². The summed E-state index contributed by atoms with van der Waals surface area (Å²) in [6, 6.07) is 5.65. The molecule has 4 nitrogen and oxygen atoms in total. The summed E-state index contributed by atoms with van der Waals surface area (Å²) in [4.78, 5) is 17.7. The maximum atomic E-state index is 12.2. The highest BCUT2D eigenvalue weighted by atomic mass is 32.1. The van der Waals surface area contributed by atoms with Gasteiger partial charge in [-0.15, -0.1) is 11.3 Å². The molecule has 1 aliphatic rings. The van der Waals surface area contributed by atoms with E-state index in [4.69, 9.17) is 5.73 Å². The summed E-state index contributed by atoms with van der Waals surface area (Å²) in [7, 11) is 0. The third-order valence-corrected chi connectivity index (χ3v) is 4.45. The van der Waals surface area contributed by atoms with Crippen molar-refractivity contribution in [2.24, 2.45) is 0 Å². The van der Waals surface area contributed by atoms with E-state index in [1.807, 2.05) is 18.2 Å². The average Bonchev–Trinajstić information content (AvgIpc) is 2.97. The van der Waals surface area contributed by atoms with Crippen LogP contribution in [0, 0.1) is 0 Å². The molecule has 1 amide bonds. The number of rotatable bonds is 3. The van der Waals surface area contributed by atoms with Gasteiger partial charge < -0.3 is 11.1 Å². The topological polar surface area (TPSA) is 68.0 Å². The molecule has 2 aromatic rings. The van der Waals surface area contributed by atoms with Crippen LogP contribution in [0.2, 0.25) is 0 Å². The number of fused-ring (bicyclic) bond motifs is 1. The van der Waals surface area contributed by atoms with Crippen molar-refractivity contribution in [2.75, 3.05) is 5.73 Å². The quantitative estimate of drug-likeness (QED) is 0.900. The first-order valence-corrected chi connectivity index (χ1v) is 7.15. The maximum Gasteiger partial charge on any atom is 0.254 e. The molecule has 0 aromatic carbocycles. The van der Waals surface area contributed by atoms with E-state index in [9.17, 15) is 4.79 Å². The second-order valence-electron chi connectivity index (χ2n) is 4.60. The van der Waals surface area contributed by atoms with Crippen molar-refractivity contribution < 1.29 is 4.79 Å². The summed E-state index contributed by atoms with van der Waals surface area (Å²) < 4.78 is 0. The Labute approximate surface area is 115 Å². The first kappa shape index (κ1) is 12.2. The normalized spacial score (nSPS) is 13.3. The predicted octanol–water partition coefficient (Wildman–Crippen LogP) is 2.14. The molecule has 98 valence electrons. The Kier molecular flexibility index (Phi) is 3.21. The van der Waals surface area contributed by atoms with E-state index in [1.54, 1.807) is 17.5 Å². The summed E-state index contributed by atoms with van der Waals surface area (Å²) in [5.74, 6) is -0.0810. The van der Waals surface area contributed by atoms with Crippen LogP contribution in [0.5, 0.6) is 0 Å². The number of nitrogens with one attached hydrogen (secondary N) is 1. The second kappa shape index (κ2) is 5.01. The molecule has 2 heterocycles. The number of hydrogen-bond donors (Lipinski definition) is 2. The molecule has 0 saturated carbocycles. The zero-order chi connectivity index (χ0) is 13.2. The van der Waals surface area contributed by atoms with Crippen LogP contribution in [0.3, 0.4) is 0 Å². The van der Waals surface area contributed by atoms with Crippen LogP contribution in [0.15, 0.2) is 24.4 Å². The van der Waals surface area contributed by atoms with Crippen LogP contribution < -0.4 is 11.1 Å². The van der Waals surface area contributed by atoms with E-state index in [0.717, 1.165) is 30.5 Å². The molecule has 0 saturated heterocycles. The van der Waals surface area contributed by atoms with Crippen molar-refractivity contribution in [3.8, 4) is 0 Å². The molecule has 2 aromatic heterocycles. The van der Waals surface area contributed by atoms with Crippen LogP contribution in [0.1, 0.15) is 32.9 Å². The smallest absolute Gasteiger partial charge is 0.254 e. The number of carbonyl (C=O) groups excluding carboxylic acids is 1. The molecule has 3 rings (SSSR count). The summed E-state index contributed by atoms with van der Waals surface area (Å²) in [6.45, 7) is 0.434. The van der Waals surface area contributed by atoms with Gasteiger partial charge in [0.1, 0.15) is 0 Å². The highest BCUT2D eigenvalue weighted by Gasteiger charge is 2.24. The summed E-state index contributed by atoms with van der Waals surface area (Å²) >= 11 is 1.55. The van der Waals surface area contributed by atoms with Crippen molar-refractivity contribution in [3.05, 3.63) is 46.1 Å². The summed E-state index contributed by atoms with van der Waals surface area (Å²) in [5, 5.41) is 3.54. The number of carbonyl (C=O) groups is 1. The zero-order valence-electron chi connectivity index (χ0n) is 10.5. The van der Waals surface area contributed by atoms with Gasteiger partial charge in [0.25, 0.3) is 5.91 Å². The van der Waals surface area contributed by atoms with E-state index in [0.29, 0.717) is 17.1 Å². The Hall–Kier alpha value is -1.88. The van der Waals surface area contributed by atoms with Crippen molar-refractivity contribution >= 4 is 22.2 Å². The molecule has 5 heteroatoms. The van der Waals surface area contributed by atoms with Gasteiger partial charge in [-0.2, -0.15) is 0 Å². The lowest BCUT2D eigenvalue weighted by Gasteiger charge is -2.06. The highest BCUT2D eigenvalue weighted by Crippen LogP contribution is 2.37. The Bertz CT molecular complexity index is 607. The Morgan fingerprint density at radius 3 is 3.11 bits per heavy atom. The van der Waals surface area contributed by atoms with Crippen molar-refractivity contribution in [2.45, 2.75) is 25.8 Å². The number of amides is 1. The van der Waals surface area contributed by atoms with Crippen LogP contribution in [-0.2, 0) is 19.4 Å². The third-order valence-electron chi connectivity index (χ3n) is 3.33. The standard InChI is InChI=1S/C14H15N3OS/c15-13-12(10-5-3-6-11(10)19-13)14(18)17-8-9-4-1-2-7-16-9/h1-2,4,7H,3,5-6,8,15H2,(H,17,18).